The molecule has 0 amide bonds. The van der Waals surface area contributed by atoms with Crippen molar-refractivity contribution in [3.05, 3.63) is 118 Å². The molecule has 0 aliphatic heterocycles. The Bertz CT molecular complexity index is 1840. The van der Waals surface area contributed by atoms with Crippen molar-refractivity contribution in [2.24, 2.45) is 0 Å². The molecule has 12 heteroatoms. The first-order valence-electron chi connectivity index (χ1n) is 24.6. The van der Waals surface area contributed by atoms with Gasteiger partial charge in [-0.15, -0.1) is 0 Å². The predicted molar refractivity (Wildman–Crippen MR) is 261 cm³/mol. The van der Waals surface area contributed by atoms with E-state index in [9.17, 15) is 30.6 Å². The Hall–Kier alpha value is -4.24. The Balaban J connectivity index is 0.938. The lowest BCUT2D eigenvalue weighted by Crippen LogP contribution is -2.35. The van der Waals surface area contributed by atoms with Gasteiger partial charge in [0, 0.05) is 44.0 Å². The number of benzene rings is 4. The smallest absolute Gasteiger partial charge is 0.121 e. The van der Waals surface area contributed by atoms with E-state index in [2.05, 4.69) is 54.0 Å². The molecule has 0 saturated carbocycles. The summed E-state index contributed by atoms with van der Waals surface area (Å²) in [5.74, 6) is 1.87. The Kier molecular flexibility index (Phi) is 27.4. The molecule has 8 N–H and O–H groups in total. The Morgan fingerprint density at radius 2 is 1.02 bits per heavy atom. The summed E-state index contributed by atoms with van der Waals surface area (Å²) in [6.07, 6.45) is 14.8. The van der Waals surface area contributed by atoms with E-state index in [4.69, 9.17) is 18.9 Å². The van der Waals surface area contributed by atoms with Gasteiger partial charge in [-0.1, -0.05) is 69.0 Å². The summed E-state index contributed by atoms with van der Waals surface area (Å²) in [4.78, 5) is 0. The van der Waals surface area contributed by atoms with Crippen LogP contribution in [-0.2, 0) is 35.5 Å². The number of ether oxygens (including phenoxy) is 4. The molecule has 66 heavy (non-hydrogen) atoms. The average Bonchev–Trinajstić information content (AvgIpc) is 3.34. The van der Waals surface area contributed by atoms with Crippen LogP contribution in [0.3, 0.4) is 0 Å². The van der Waals surface area contributed by atoms with Crippen molar-refractivity contribution in [2.75, 3.05) is 52.7 Å². The fourth-order valence-electron chi connectivity index (χ4n) is 7.65. The summed E-state index contributed by atoms with van der Waals surface area (Å²) in [7, 11) is 0. The maximum absolute atomic E-state index is 10.7. The molecule has 4 aromatic rings. The highest BCUT2D eigenvalue weighted by Crippen LogP contribution is 2.24. The van der Waals surface area contributed by atoms with E-state index in [-0.39, 0.29) is 30.9 Å². The van der Waals surface area contributed by atoms with Crippen molar-refractivity contribution >= 4 is 0 Å². The third kappa shape index (κ3) is 22.0. The minimum absolute atomic E-state index is 0.0222. The van der Waals surface area contributed by atoms with Crippen molar-refractivity contribution < 1.29 is 49.6 Å². The zero-order valence-corrected chi connectivity index (χ0v) is 39.5. The highest BCUT2D eigenvalue weighted by Gasteiger charge is 2.15. The lowest BCUT2D eigenvalue weighted by atomic mass is 10.1. The Labute approximate surface area is 394 Å². The van der Waals surface area contributed by atoms with Gasteiger partial charge in [0.25, 0.3) is 0 Å². The lowest BCUT2D eigenvalue weighted by Gasteiger charge is -2.22. The standard InChI is InChI=1S/C54H80N2O10/c1-2-3-8-17-54(56-39-53(62)45-23-29-51(60)47(37-45)41-58)66-35-14-16-43-20-26-49(27-21-43)65-34-12-7-6-11-33-64-48-24-18-42(19-25-48)15-13-32-63-31-10-5-4-9-30-55-38-52(61)44-22-28-50(59)46(36-44)40-57/h18-29,36-37,52-62H,2-17,30-35,38-41H2,1H3. The summed E-state index contributed by atoms with van der Waals surface area (Å²) in [6, 6.07) is 26.4. The van der Waals surface area contributed by atoms with Gasteiger partial charge in [-0.3, -0.25) is 5.32 Å². The molecule has 0 fully saturated rings. The molecule has 3 atom stereocenters. The molecule has 12 nitrogen and oxygen atoms in total. The monoisotopic (exact) mass is 917 g/mol. The van der Waals surface area contributed by atoms with Gasteiger partial charge in [0.1, 0.15) is 29.2 Å². The molecule has 3 unspecified atom stereocenters. The fourth-order valence-corrected chi connectivity index (χ4v) is 7.65. The molecule has 0 aliphatic carbocycles. The number of aromatic hydroxyl groups is 2. The highest BCUT2D eigenvalue weighted by molar-refractivity contribution is 5.37. The van der Waals surface area contributed by atoms with Gasteiger partial charge in [-0.25, -0.2) is 0 Å². The van der Waals surface area contributed by atoms with Crippen LogP contribution in [0.2, 0.25) is 0 Å². The number of aliphatic hydroxyl groups is 4. The van der Waals surface area contributed by atoms with E-state index < -0.39 is 12.2 Å². The minimum atomic E-state index is -0.776. The van der Waals surface area contributed by atoms with Crippen LogP contribution in [0.5, 0.6) is 23.0 Å². The number of hydrogen-bond donors (Lipinski definition) is 8. The molecule has 0 aromatic heterocycles. The first-order chi connectivity index (χ1) is 32.3. The third-order valence-electron chi connectivity index (χ3n) is 11.8. The van der Waals surface area contributed by atoms with Gasteiger partial charge in [0.15, 0.2) is 0 Å². The second-order valence-electron chi connectivity index (χ2n) is 17.2. The SMILES string of the molecule is CCCCCC(NCC(O)c1ccc(O)c(CO)c1)OCCCc1ccc(OCCCCCCOc2ccc(CCCOCCCCCCNCC(O)c3ccc(O)c(CO)c3)cc2)cc1. The predicted octanol–water partition coefficient (Wildman–Crippen LogP) is 9.11. The van der Waals surface area contributed by atoms with E-state index in [0.717, 1.165) is 134 Å². The number of rotatable bonds is 38. The van der Waals surface area contributed by atoms with Crippen molar-refractivity contribution in [1.82, 2.24) is 10.6 Å². The number of aryl methyl sites for hydroxylation is 2. The van der Waals surface area contributed by atoms with Crippen LogP contribution in [0.1, 0.15) is 142 Å². The molecule has 0 aliphatic rings. The third-order valence-corrected chi connectivity index (χ3v) is 11.8. The van der Waals surface area contributed by atoms with Gasteiger partial charge < -0.3 is 54.9 Å². The maximum atomic E-state index is 10.7. The van der Waals surface area contributed by atoms with Crippen molar-refractivity contribution in [3.63, 3.8) is 0 Å². The largest absolute Gasteiger partial charge is 0.508 e. The molecule has 366 valence electrons. The van der Waals surface area contributed by atoms with E-state index in [1.165, 1.54) is 23.3 Å². The van der Waals surface area contributed by atoms with E-state index in [1.807, 2.05) is 12.1 Å². The van der Waals surface area contributed by atoms with Crippen molar-refractivity contribution in [1.29, 1.82) is 0 Å². The van der Waals surface area contributed by atoms with Gasteiger partial charge in [0.2, 0.25) is 0 Å². The van der Waals surface area contributed by atoms with Gasteiger partial charge in [-0.05, 0) is 154 Å². The van der Waals surface area contributed by atoms with E-state index in [1.54, 1.807) is 24.3 Å². The maximum Gasteiger partial charge on any atom is 0.121 e. The summed E-state index contributed by atoms with van der Waals surface area (Å²) in [5, 5.41) is 66.0. The first-order valence-corrected chi connectivity index (χ1v) is 24.6. The van der Waals surface area contributed by atoms with Crippen LogP contribution in [0.15, 0.2) is 84.9 Å². The molecular formula is C54H80N2O10. The van der Waals surface area contributed by atoms with E-state index in [0.29, 0.717) is 55.2 Å². The Morgan fingerprint density at radius 3 is 1.56 bits per heavy atom. The quantitative estimate of drug-likeness (QED) is 0.0158. The van der Waals surface area contributed by atoms with Crippen LogP contribution in [0.25, 0.3) is 0 Å². The number of hydrogen-bond acceptors (Lipinski definition) is 12. The molecule has 0 saturated heterocycles. The van der Waals surface area contributed by atoms with Gasteiger partial charge in [-0.2, -0.15) is 0 Å². The highest BCUT2D eigenvalue weighted by atomic mass is 16.5. The number of nitrogens with one attached hydrogen (secondary N) is 2. The number of unbranched alkanes of at least 4 members (excludes halogenated alkanes) is 8. The summed E-state index contributed by atoms with van der Waals surface area (Å²) in [6.45, 7) is 6.77. The summed E-state index contributed by atoms with van der Waals surface area (Å²) >= 11 is 0. The molecule has 0 bridgehead atoms. The van der Waals surface area contributed by atoms with Crippen LogP contribution >= 0.6 is 0 Å². The van der Waals surface area contributed by atoms with Crippen LogP contribution in [0, 0.1) is 0 Å². The zero-order valence-electron chi connectivity index (χ0n) is 39.5. The molecule has 4 aromatic carbocycles. The lowest BCUT2D eigenvalue weighted by molar-refractivity contribution is 0.0120. The molecule has 0 heterocycles. The normalized spacial score (nSPS) is 12.9. The van der Waals surface area contributed by atoms with E-state index >= 15 is 0 Å². The molecule has 4 rings (SSSR count). The van der Waals surface area contributed by atoms with Crippen LogP contribution < -0.4 is 20.1 Å². The zero-order chi connectivity index (χ0) is 47.0. The number of phenols is 2. The first kappa shape index (κ1) is 54.4. The van der Waals surface area contributed by atoms with Crippen molar-refractivity contribution in [2.45, 2.75) is 141 Å². The second-order valence-corrected chi connectivity index (χ2v) is 17.2. The van der Waals surface area contributed by atoms with Crippen LogP contribution in [0.4, 0.5) is 0 Å². The minimum Gasteiger partial charge on any atom is -0.508 e. The summed E-state index contributed by atoms with van der Waals surface area (Å²) in [5.41, 5.74) is 4.68. The second kappa shape index (κ2) is 33.3. The van der Waals surface area contributed by atoms with Crippen LogP contribution in [-0.4, -0.2) is 89.5 Å². The molecule has 0 spiro atoms. The fraction of sp³-hybridized carbons (Fsp3) is 0.556. The molecule has 0 radical (unpaired) electrons. The van der Waals surface area contributed by atoms with Gasteiger partial charge >= 0.3 is 0 Å². The topological polar surface area (TPSA) is 182 Å². The van der Waals surface area contributed by atoms with Gasteiger partial charge in [0.05, 0.1) is 38.6 Å². The average molecular weight is 917 g/mol. The Morgan fingerprint density at radius 1 is 0.515 bits per heavy atom. The molecular weight excluding hydrogens is 837 g/mol. The summed E-state index contributed by atoms with van der Waals surface area (Å²) < 4.78 is 24.1. The number of aliphatic hydroxyl groups excluding tert-OH is 4. The van der Waals surface area contributed by atoms with Crippen molar-refractivity contribution in [3.8, 4) is 23.0 Å².